The summed E-state index contributed by atoms with van der Waals surface area (Å²) in [6.45, 7) is 1.01. The van der Waals surface area contributed by atoms with Crippen LogP contribution >= 0.6 is 0 Å². The van der Waals surface area contributed by atoms with Crippen molar-refractivity contribution in [1.82, 2.24) is 20.0 Å². The number of pyridine rings is 1. The quantitative estimate of drug-likeness (QED) is 0.734. The Morgan fingerprint density at radius 3 is 3.04 bits per heavy atom. The molecule has 116 valence electrons. The smallest absolute Gasteiger partial charge is 0.232 e. The molecule has 1 amide bonds. The minimum Gasteiger partial charge on any atom is -0.467 e. The zero-order valence-corrected chi connectivity index (χ0v) is 12.3. The number of nitrogens with zero attached hydrogens (tertiary/aromatic N) is 4. The summed E-state index contributed by atoms with van der Waals surface area (Å²) >= 11 is 0. The molecule has 4 rings (SSSR count). The van der Waals surface area contributed by atoms with E-state index < -0.39 is 0 Å². The van der Waals surface area contributed by atoms with Crippen LogP contribution in [0.25, 0.3) is 11.4 Å². The molecule has 1 aliphatic rings. The number of aromatic nitrogens is 3. The number of hydrogen-bond donors (Lipinski definition) is 0. The van der Waals surface area contributed by atoms with Crippen LogP contribution in [0.3, 0.4) is 0 Å². The minimum atomic E-state index is -0.0876. The highest BCUT2D eigenvalue weighted by Crippen LogP contribution is 2.29. The SMILES string of the molecule is O=C1CC(c2nc(-c3cccnc3)no2)CN1Cc1ccco1. The molecule has 23 heavy (non-hydrogen) atoms. The molecular formula is C16H14N4O3. The normalized spacial score (nSPS) is 17.8. The number of likely N-dealkylation sites (tertiary alicyclic amines) is 1. The highest BCUT2D eigenvalue weighted by molar-refractivity contribution is 5.79. The molecule has 0 aromatic carbocycles. The summed E-state index contributed by atoms with van der Waals surface area (Å²) in [5, 5.41) is 3.98. The lowest BCUT2D eigenvalue weighted by molar-refractivity contribution is -0.128. The van der Waals surface area contributed by atoms with Crippen LogP contribution in [0.4, 0.5) is 0 Å². The van der Waals surface area contributed by atoms with Gasteiger partial charge in [-0.05, 0) is 24.3 Å². The molecule has 1 atom stereocenters. The lowest BCUT2D eigenvalue weighted by Gasteiger charge is -2.13. The first kappa shape index (κ1) is 13.7. The Morgan fingerprint density at radius 1 is 1.30 bits per heavy atom. The van der Waals surface area contributed by atoms with E-state index in [4.69, 9.17) is 8.94 Å². The van der Waals surface area contributed by atoms with Gasteiger partial charge in [0, 0.05) is 30.9 Å². The third-order valence-corrected chi connectivity index (χ3v) is 3.85. The van der Waals surface area contributed by atoms with Crippen LogP contribution in [0.2, 0.25) is 0 Å². The number of hydrogen-bond acceptors (Lipinski definition) is 6. The third-order valence-electron chi connectivity index (χ3n) is 3.85. The third kappa shape index (κ3) is 2.73. The Kier molecular flexibility index (Phi) is 3.38. The number of amides is 1. The Balaban J connectivity index is 1.49. The van der Waals surface area contributed by atoms with Crippen molar-refractivity contribution in [2.45, 2.75) is 18.9 Å². The van der Waals surface area contributed by atoms with Crippen molar-refractivity contribution >= 4 is 5.91 Å². The fourth-order valence-corrected chi connectivity index (χ4v) is 2.69. The van der Waals surface area contributed by atoms with Gasteiger partial charge >= 0.3 is 0 Å². The van der Waals surface area contributed by atoms with Crippen LogP contribution in [-0.2, 0) is 11.3 Å². The van der Waals surface area contributed by atoms with Gasteiger partial charge in [-0.15, -0.1) is 0 Å². The van der Waals surface area contributed by atoms with E-state index >= 15 is 0 Å². The average molecular weight is 310 g/mol. The van der Waals surface area contributed by atoms with E-state index in [-0.39, 0.29) is 11.8 Å². The number of carbonyl (C=O) groups is 1. The zero-order valence-electron chi connectivity index (χ0n) is 12.3. The van der Waals surface area contributed by atoms with Gasteiger partial charge in [-0.1, -0.05) is 5.16 Å². The second-order valence-corrected chi connectivity index (χ2v) is 5.45. The van der Waals surface area contributed by atoms with Gasteiger partial charge in [-0.2, -0.15) is 4.98 Å². The monoisotopic (exact) mass is 310 g/mol. The Bertz CT molecular complexity index is 798. The van der Waals surface area contributed by atoms with E-state index in [1.54, 1.807) is 23.6 Å². The molecule has 0 spiro atoms. The molecule has 7 nitrogen and oxygen atoms in total. The van der Waals surface area contributed by atoms with E-state index in [2.05, 4.69) is 15.1 Å². The fraction of sp³-hybridized carbons (Fsp3) is 0.250. The number of furan rings is 1. The summed E-state index contributed by atoms with van der Waals surface area (Å²) in [4.78, 5) is 22.3. The van der Waals surface area contributed by atoms with Crippen LogP contribution in [-0.4, -0.2) is 32.5 Å². The summed E-state index contributed by atoms with van der Waals surface area (Å²) < 4.78 is 10.6. The van der Waals surface area contributed by atoms with Crippen molar-refractivity contribution in [1.29, 1.82) is 0 Å². The predicted octanol–water partition coefficient (Wildman–Crippen LogP) is 2.24. The molecule has 3 aromatic heterocycles. The minimum absolute atomic E-state index is 0.0625. The molecule has 0 radical (unpaired) electrons. The molecule has 1 fully saturated rings. The Hall–Kier alpha value is -2.96. The van der Waals surface area contributed by atoms with Gasteiger partial charge in [0.25, 0.3) is 0 Å². The standard InChI is InChI=1S/C16H14N4O3/c21-14-7-12(9-20(14)10-13-4-2-6-22-13)16-18-15(19-23-16)11-3-1-5-17-8-11/h1-6,8,12H,7,9-10H2. The molecule has 1 aliphatic heterocycles. The molecular weight excluding hydrogens is 296 g/mol. The fourth-order valence-electron chi connectivity index (χ4n) is 2.69. The lowest BCUT2D eigenvalue weighted by Crippen LogP contribution is -2.24. The van der Waals surface area contributed by atoms with Crippen molar-refractivity contribution < 1.29 is 13.7 Å². The van der Waals surface area contributed by atoms with Crippen LogP contribution in [0.1, 0.15) is 24.0 Å². The topological polar surface area (TPSA) is 85.3 Å². The predicted molar refractivity (Wildman–Crippen MR) is 79.0 cm³/mol. The van der Waals surface area contributed by atoms with Gasteiger partial charge in [0.2, 0.25) is 17.6 Å². The van der Waals surface area contributed by atoms with Crippen LogP contribution in [0, 0.1) is 0 Å². The van der Waals surface area contributed by atoms with Crippen molar-refractivity contribution in [3.63, 3.8) is 0 Å². The summed E-state index contributed by atoms with van der Waals surface area (Å²) in [6, 6.07) is 7.35. The van der Waals surface area contributed by atoms with E-state index in [1.807, 2.05) is 24.3 Å². The maximum absolute atomic E-state index is 12.1. The molecule has 4 heterocycles. The van der Waals surface area contributed by atoms with Crippen LogP contribution < -0.4 is 0 Å². The van der Waals surface area contributed by atoms with Gasteiger partial charge in [0.15, 0.2) is 0 Å². The molecule has 0 bridgehead atoms. The van der Waals surface area contributed by atoms with E-state index in [0.29, 0.717) is 31.2 Å². The summed E-state index contributed by atoms with van der Waals surface area (Å²) in [6.07, 6.45) is 5.34. The molecule has 1 unspecified atom stereocenters. The Morgan fingerprint density at radius 2 is 2.26 bits per heavy atom. The van der Waals surface area contributed by atoms with Crippen molar-refractivity contribution in [3.05, 3.63) is 54.6 Å². The van der Waals surface area contributed by atoms with E-state index in [0.717, 1.165) is 11.3 Å². The molecule has 1 saturated heterocycles. The highest BCUT2D eigenvalue weighted by Gasteiger charge is 2.34. The van der Waals surface area contributed by atoms with Crippen molar-refractivity contribution in [2.75, 3.05) is 6.54 Å². The average Bonchev–Trinajstić information content (AvgIpc) is 3.31. The van der Waals surface area contributed by atoms with Gasteiger partial charge in [-0.3, -0.25) is 9.78 Å². The summed E-state index contributed by atoms with van der Waals surface area (Å²) in [5.74, 6) is 1.72. The first-order valence-corrected chi connectivity index (χ1v) is 7.34. The Labute approximate surface area is 131 Å². The van der Waals surface area contributed by atoms with E-state index in [9.17, 15) is 4.79 Å². The lowest BCUT2D eigenvalue weighted by atomic mass is 10.1. The van der Waals surface area contributed by atoms with E-state index in [1.165, 1.54) is 0 Å². The summed E-state index contributed by atoms with van der Waals surface area (Å²) in [7, 11) is 0. The summed E-state index contributed by atoms with van der Waals surface area (Å²) in [5.41, 5.74) is 0.791. The molecule has 0 N–H and O–H groups in total. The molecule has 0 aliphatic carbocycles. The first-order valence-electron chi connectivity index (χ1n) is 7.34. The van der Waals surface area contributed by atoms with Crippen molar-refractivity contribution in [3.8, 4) is 11.4 Å². The van der Waals surface area contributed by atoms with Crippen molar-refractivity contribution in [2.24, 2.45) is 0 Å². The van der Waals surface area contributed by atoms with Crippen LogP contribution in [0.15, 0.2) is 51.9 Å². The highest BCUT2D eigenvalue weighted by atomic mass is 16.5. The molecule has 3 aromatic rings. The maximum atomic E-state index is 12.1. The molecule has 0 saturated carbocycles. The second-order valence-electron chi connectivity index (χ2n) is 5.45. The largest absolute Gasteiger partial charge is 0.467 e. The number of rotatable bonds is 4. The van der Waals surface area contributed by atoms with Crippen LogP contribution in [0.5, 0.6) is 0 Å². The molecule has 7 heteroatoms. The maximum Gasteiger partial charge on any atom is 0.232 e. The van der Waals surface area contributed by atoms with Gasteiger partial charge in [0.05, 0.1) is 18.7 Å². The van der Waals surface area contributed by atoms with Gasteiger partial charge in [-0.25, -0.2) is 0 Å². The van der Waals surface area contributed by atoms with Gasteiger partial charge < -0.3 is 13.8 Å². The van der Waals surface area contributed by atoms with Gasteiger partial charge in [0.1, 0.15) is 5.76 Å². The first-order chi connectivity index (χ1) is 11.3. The zero-order chi connectivity index (χ0) is 15.6. The number of carbonyl (C=O) groups excluding carboxylic acids is 1. The second kappa shape index (κ2) is 5.68.